The molecule has 4 nitrogen and oxygen atoms in total. The summed E-state index contributed by atoms with van der Waals surface area (Å²) in [5.41, 5.74) is 2.24. The Bertz CT molecular complexity index is 870. The highest BCUT2D eigenvalue weighted by atomic mass is 32.2. The summed E-state index contributed by atoms with van der Waals surface area (Å²) in [5, 5.41) is 3.76. The van der Waals surface area contributed by atoms with Gasteiger partial charge in [-0.05, 0) is 30.5 Å². The Labute approximate surface area is 138 Å². The van der Waals surface area contributed by atoms with E-state index in [1.165, 1.54) is 0 Å². The second-order valence-electron chi connectivity index (χ2n) is 5.13. The molecule has 0 aliphatic rings. The van der Waals surface area contributed by atoms with Crippen LogP contribution in [0.2, 0.25) is 0 Å². The second-order valence-corrected chi connectivity index (χ2v) is 6.01. The zero-order chi connectivity index (χ0) is 16.2. The van der Waals surface area contributed by atoms with Crippen molar-refractivity contribution >= 4 is 40.5 Å². The van der Waals surface area contributed by atoms with Gasteiger partial charge in [-0.15, -0.1) is 11.8 Å². The molecule has 0 unspecified atom stereocenters. The number of anilines is 1. The number of para-hydroxylation sites is 1. The number of hydrogen-bond acceptors (Lipinski definition) is 3. The van der Waals surface area contributed by atoms with Gasteiger partial charge in [0, 0.05) is 33.2 Å². The molecule has 1 heterocycles. The normalized spacial score (nSPS) is 10.7. The minimum absolute atomic E-state index is 0.124. The average molecular weight is 324 g/mol. The number of nitrogens with one attached hydrogen (secondary N) is 1. The minimum Gasteiger partial charge on any atom is -0.337 e. The molecule has 2 aromatic carbocycles. The van der Waals surface area contributed by atoms with Gasteiger partial charge in [0.25, 0.3) is 0 Å². The number of hydrogen-bond donors (Lipinski definition) is 1. The Kier molecular flexibility index (Phi) is 4.48. The molecule has 0 saturated heterocycles. The number of aldehydes is 1. The van der Waals surface area contributed by atoms with Gasteiger partial charge in [0.2, 0.25) is 5.91 Å². The molecule has 0 spiro atoms. The Morgan fingerprint density at radius 2 is 2.04 bits per heavy atom. The molecule has 23 heavy (non-hydrogen) atoms. The van der Waals surface area contributed by atoms with Crippen LogP contribution in [-0.4, -0.2) is 23.0 Å². The second kappa shape index (κ2) is 6.71. The third-order valence-corrected chi connectivity index (χ3v) is 4.34. The van der Waals surface area contributed by atoms with Crippen molar-refractivity contribution in [3.63, 3.8) is 0 Å². The molecule has 0 saturated carbocycles. The van der Waals surface area contributed by atoms with E-state index >= 15 is 0 Å². The molecule has 0 bridgehead atoms. The summed E-state index contributed by atoms with van der Waals surface area (Å²) in [6.07, 6.45) is 4.53. The summed E-state index contributed by atoms with van der Waals surface area (Å²) in [7, 11) is 0. The predicted molar refractivity (Wildman–Crippen MR) is 94.2 cm³/mol. The van der Waals surface area contributed by atoms with E-state index in [1.54, 1.807) is 22.5 Å². The van der Waals surface area contributed by atoms with Crippen molar-refractivity contribution in [2.45, 2.75) is 11.4 Å². The van der Waals surface area contributed by atoms with E-state index in [0.717, 1.165) is 27.8 Å². The third-order valence-electron chi connectivity index (χ3n) is 3.61. The average Bonchev–Trinajstić information content (AvgIpc) is 2.93. The topological polar surface area (TPSA) is 51.1 Å². The molecule has 1 aromatic heterocycles. The highest BCUT2D eigenvalue weighted by Gasteiger charge is 2.10. The lowest BCUT2D eigenvalue weighted by molar-refractivity contribution is -0.116. The summed E-state index contributed by atoms with van der Waals surface area (Å²) in [5.74, 6) is -0.124. The van der Waals surface area contributed by atoms with Gasteiger partial charge in [0.15, 0.2) is 6.29 Å². The molecular weight excluding hydrogens is 308 g/mol. The van der Waals surface area contributed by atoms with Crippen molar-refractivity contribution in [1.82, 2.24) is 4.57 Å². The maximum Gasteiger partial charge on any atom is 0.244 e. The van der Waals surface area contributed by atoms with Gasteiger partial charge in [-0.3, -0.25) is 9.59 Å². The number of fused-ring (bicyclic) bond motifs is 1. The number of aromatic nitrogens is 1. The molecule has 0 aliphatic heterocycles. The van der Waals surface area contributed by atoms with Crippen LogP contribution in [0.3, 0.4) is 0 Å². The van der Waals surface area contributed by atoms with E-state index in [1.807, 2.05) is 54.8 Å². The first-order valence-corrected chi connectivity index (χ1v) is 8.40. The molecule has 3 aromatic rings. The number of carbonyl (C=O) groups excluding carboxylic acids is 2. The largest absolute Gasteiger partial charge is 0.337 e. The van der Waals surface area contributed by atoms with Crippen LogP contribution < -0.4 is 5.32 Å². The van der Waals surface area contributed by atoms with Crippen LogP contribution in [-0.2, 0) is 11.3 Å². The maximum absolute atomic E-state index is 12.3. The molecule has 0 fully saturated rings. The van der Waals surface area contributed by atoms with Gasteiger partial charge in [-0.2, -0.15) is 0 Å². The monoisotopic (exact) mass is 324 g/mol. The van der Waals surface area contributed by atoms with E-state index < -0.39 is 0 Å². The highest BCUT2D eigenvalue weighted by molar-refractivity contribution is 7.98. The fourth-order valence-electron chi connectivity index (χ4n) is 2.56. The van der Waals surface area contributed by atoms with Gasteiger partial charge in [0.05, 0.1) is 0 Å². The molecule has 3 rings (SSSR count). The van der Waals surface area contributed by atoms with Gasteiger partial charge >= 0.3 is 0 Å². The number of benzene rings is 2. The molecule has 116 valence electrons. The lowest BCUT2D eigenvalue weighted by atomic mass is 10.2. The molecule has 0 atom stereocenters. The first-order valence-electron chi connectivity index (χ1n) is 7.18. The third kappa shape index (κ3) is 3.29. The van der Waals surface area contributed by atoms with Crippen LogP contribution in [0.4, 0.5) is 5.69 Å². The van der Waals surface area contributed by atoms with Crippen molar-refractivity contribution in [3.05, 3.63) is 60.3 Å². The molecular formula is C18H16N2O2S. The SMILES string of the molecule is CSc1cccc(NC(=O)Cn2cc(C=O)c3ccccc32)c1. The number of rotatable bonds is 5. The Hall–Kier alpha value is -2.53. The van der Waals surface area contributed by atoms with E-state index in [0.29, 0.717) is 5.56 Å². The lowest BCUT2D eigenvalue weighted by Crippen LogP contribution is -2.18. The summed E-state index contributed by atoms with van der Waals surface area (Å²) < 4.78 is 1.80. The Morgan fingerprint density at radius 1 is 1.22 bits per heavy atom. The van der Waals surface area contributed by atoms with Crippen molar-refractivity contribution in [3.8, 4) is 0 Å². The van der Waals surface area contributed by atoms with Gasteiger partial charge in [0.1, 0.15) is 6.54 Å². The van der Waals surface area contributed by atoms with E-state index in [2.05, 4.69) is 5.32 Å². The van der Waals surface area contributed by atoms with Crippen LogP contribution in [0.1, 0.15) is 10.4 Å². The van der Waals surface area contributed by atoms with E-state index in [4.69, 9.17) is 0 Å². The molecule has 5 heteroatoms. The predicted octanol–water partition coefficient (Wildman–Crippen LogP) is 3.81. The van der Waals surface area contributed by atoms with Gasteiger partial charge < -0.3 is 9.88 Å². The number of thioether (sulfide) groups is 1. The zero-order valence-electron chi connectivity index (χ0n) is 12.7. The van der Waals surface area contributed by atoms with Crippen LogP contribution in [0, 0.1) is 0 Å². The van der Waals surface area contributed by atoms with Crippen molar-refractivity contribution in [1.29, 1.82) is 0 Å². The quantitative estimate of drug-likeness (QED) is 0.573. The molecule has 1 N–H and O–H groups in total. The van der Waals surface area contributed by atoms with Crippen molar-refractivity contribution in [2.24, 2.45) is 0 Å². The van der Waals surface area contributed by atoms with E-state index in [-0.39, 0.29) is 12.5 Å². The Morgan fingerprint density at radius 3 is 2.83 bits per heavy atom. The van der Waals surface area contributed by atoms with Gasteiger partial charge in [-0.25, -0.2) is 0 Å². The standard InChI is InChI=1S/C18H16N2O2S/c1-23-15-6-4-5-14(9-15)19-18(22)11-20-10-13(12-21)16-7-2-3-8-17(16)20/h2-10,12H,11H2,1H3,(H,19,22). The fraction of sp³-hybridized carbons (Fsp3) is 0.111. The van der Waals surface area contributed by atoms with Crippen LogP contribution in [0.25, 0.3) is 10.9 Å². The van der Waals surface area contributed by atoms with Crippen molar-refractivity contribution < 1.29 is 9.59 Å². The minimum atomic E-state index is -0.124. The first-order chi connectivity index (χ1) is 11.2. The van der Waals surface area contributed by atoms with Gasteiger partial charge in [-0.1, -0.05) is 24.3 Å². The zero-order valence-corrected chi connectivity index (χ0v) is 13.5. The smallest absolute Gasteiger partial charge is 0.244 e. The fourth-order valence-corrected chi connectivity index (χ4v) is 3.02. The highest BCUT2D eigenvalue weighted by Crippen LogP contribution is 2.21. The molecule has 0 aliphatic carbocycles. The maximum atomic E-state index is 12.3. The lowest BCUT2D eigenvalue weighted by Gasteiger charge is -2.08. The summed E-state index contributed by atoms with van der Waals surface area (Å²) in [6, 6.07) is 15.3. The Balaban J connectivity index is 1.81. The van der Waals surface area contributed by atoms with Crippen molar-refractivity contribution in [2.75, 3.05) is 11.6 Å². The summed E-state index contributed by atoms with van der Waals surface area (Å²) in [6.45, 7) is 0.165. The first kappa shape index (κ1) is 15.4. The molecule has 1 amide bonds. The van der Waals surface area contributed by atoms with Crippen LogP contribution in [0.15, 0.2) is 59.6 Å². The summed E-state index contributed by atoms with van der Waals surface area (Å²) >= 11 is 1.63. The number of nitrogens with zero attached hydrogens (tertiary/aromatic N) is 1. The van der Waals surface area contributed by atoms with Crippen LogP contribution in [0.5, 0.6) is 0 Å². The summed E-state index contributed by atoms with van der Waals surface area (Å²) in [4.78, 5) is 24.6. The van der Waals surface area contributed by atoms with E-state index in [9.17, 15) is 9.59 Å². The number of amides is 1. The van der Waals surface area contributed by atoms with Crippen LogP contribution >= 0.6 is 11.8 Å². The number of carbonyl (C=O) groups is 2. The molecule has 0 radical (unpaired) electrons.